The molecule has 0 spiro atoms. The Morgan fingerprint density at radius 3 is 2.64 bits per heavy atom. The molecule has 0 unspecified atom stereocenters. The predicted octanol–water partition coefficient (Wildman–Crippen LogP) is 0.930. The summed E-state index contributed by atoms with van der Waals surface area (Å²) in [7, 11) is 0. The lowest BCUT2D eigenvalue weighted by Gasteiger charge is -2.16. The molecule has 0 radical (unpaired) electrons. The number of hydrazine groups is 1. The highest BCUT2D eigenvalue weighted by Crippen LogP contribution is 2.08. The Morgan fingerprint density at radius 2 is 2.07 bits per heavy atom. The number of nitrogens with two attached hydrogens (primary N) is 1. The summed E-state index contributed by atoms with van der Waals surface area (Å²) in [5, 5.41) is 1.36. The second-order valence-electron chi connectivity index (χ2n) is 2.77. The van der Waals surface area contributed by atoms with Gasteiger partial charge in [-0.25, -0.2) is 5.84 Å². The van der Waals surface area contributed by atoms with E-state index in [9.17, 15) is 4.79 Å². The van der Waals surface area contributed by atoms with E-state index in [1.165, 1.54) is 5.01 Å². The second kappa shape index (κ2) is 5.24. The van der Waals surface area contributed by atoms with Crippen molar-refractivity contribution < 1.29 is 9.53 Å². The van der Waals surface area contributed by atoms with Crippen molar-refractivity contribution in [3.05, 3.63) is 30.3 Å². The largest absolute Gasteiger partial charge is 0.465 e. The van der Waals surface area contributed by atoms with Crippen molar-refractivity contribution >= 4 is 11.7 Å². The molecule has 0 aliphatic heterocycles. The highest BCUT2D eigenvalue weighted by atomic mass is 16.5. The van der Waals surface area contributed by atoms with E-state index in [0.29, 0.717) is 6.61 Å². The van der Waals surface area contributed by atoms with Gasteiger partial charge in [-0.05, 0) is 19.1 Å². The van der Waals surface area contributed by atoms with Gasteiger partial charge in [0.25, 0.3) is 0 Å². The van der Waals surface area contributed by atoms with Crippen LogP contribution in [0.4, 0.5) is 5.69 Å². The zero-order valence-corrected chi connectivity index (χ0v) is 8.14. The van der Waals surface area contributed by atoms with E-state index in [-0.39, 0.29) is 12.5 Å². The van der Waals surface area contributed by atoms with Crippen LogP contribution in [-0.2, 0) is 9.53 Å². The molecule has 1 aromatic carbocycles. The number of carbonyl (C=O) groups is 1. The van der Waals surface area contributed by atoms with Crippen molar-refractivity contribution in [1.82, 2.24) is 0 Å². The molecule has 14 heavy (non-hydrogen) atoms. The standard InChI is InChI=1S/C10H14N2O2/c1-2-14-10(13)8-12(11)9-6-4-3-5-7-9/h3-7H,2,8,11H2,1H3. The fourth-order valence-corrected chi connectivity index (χ4v) is 1.06. The lowest BCUT2D eigenvalue weighted by molar-refractivity contribution is -0.141. The molecule has 0 heterocycles. The van der Waals surface area contributed by atoms with E-state index in [4.69, 9.17) is 10.6 Å². The van der Waals surface area contributed by atoms with E-state index in [0.717, 1.165) is 5.69 Å². The first-order valence-electron chi connectivity index (χ1n) is 4.47. The first-order valence-corrected chi connectivity index (χ1v) is 4.47. The predicted molar refractivity (Wildman–Crippen MR) is 54.6 cm³/mol. The summed E-state index contributed by atoms with van der Waals surface area (Å²) in [6, 6.07) is 9.28. The van der Waals surface area contributed by atoms with Crippen LogP contribution in [0.25, 0.3) is 0 Å². The number of rotatable bonds is 4. The number of hydrogen-bond acceptors (Lipinski definition) is 4. The summed E-state index contributed by atoms with van der Waals surface area (Å²) < 4.78 is 4.77. The molecule has 0 aromatic heterocycles. The topological polar surface area (TPSA) is 55.6 Å². The van der Waals surface area contributed by atoms with E-state index in [1.807, 2.05) is 30.3 Å². The molecule has 0 saturated heterocycles. The SMILES string of the molecule is CCOC(=O)CN(N)c1ccccc1. The minimum absolute atomic E-state index is 0.0673. The number of ether oxygens (including phenoxy) is 1. The van der Waals surface area contributed by atoms with Gasteiger partial charge in [-0.15, -0.1) is 0 Å². The summed E-state index contributed by atoms with van der Waals surface area (Å²) in [6.45, 7) is 2.21. The summed E-state index contributed by atoms with van der Waals surface area (Å²) in [5.74, 6) is 5.34. The number of nitrogens with zero attached hydrogens (tertiary/aromatic N) is 1. The molecule has 1 aromatic rings. The van der Waals surface area contributed by atoms with Crippen LogP contribution in [0.15, 0.2) is 30.3 Å². The van der Waals surface area contributed by atoms with Crippen LogP contribution in [0.2, 0.25) is 0 Å². The first kappa shape index (κ1) is 10.5. The summed E-state index contributed by atoms with van der Waals surface area (Å²) in [6.07, 6.45) is 0. The van der Waals surface area contributed by atoms with Gasteiger partial charge >= 0.3 is 5.97 Å². The average Bonchev–Trinajstić information content (AvgIpc) is 2.19. The normalized spacial score (nSPS) is 9.57. The van der Waals surface area contributed by atoms with E-state index < -0.39 is 0 Å². The quantitative estimate of drug-likeness (QED) is 0.440. The van der Waals surface area contributed by atoms with E-state index >= 15 is 0 Å². The van der Waals surface area contributed by atoms with Crippen LogP contribution in [0.3, 0.4) is 0 Å². The van der Waals surface area contributed by atoms with Crippen LogP contribution in [-0.4, -0.2) is 19.1 Å². The number of esters is 1. The molecular formula is C10H14N2O2. The third kappa shape index (κ3) is 3.06. The summed E-state index contributed by atoms with van der Waals surface area (Å²) in [4.78, 5) is 11.1. The Labute approximate surface area is 83.2 Å². The molecule has 4 nitrogen and oxygen atoms in total. The number of hydrogen-bond donors (Lipinski definition) is 1. The fourth-order valence-electron chi connectivity index (χ4n) is 1.06. The number of anilines is 1. The van der Waals surface area contributed by atoms with Gasteiger partial charge in [0, 0.05) is 0 Å². The van der Waals surface area contributed by atoms with E-state index in [1.54, 1.807) is 6.92 Å². The molecule has 4 heteroatoms. The molecule has 0 aliphatic rings. The van der Waals surface area contributed by atoms with Crippen molar-refractivity contribution in [3.63, 3.8) is 0 Å². The lowest BCUT2D eigenvalue weighted by atomic mass is 10.3. The molecular weight excluding hydrogens is 180 g/mol. The fraction of sp³-hybridized carbons (Fsp3) is 0.300. The maximum Gasteiger partial charge on any atom is 0.327 e. The van der Waals surface area contributed by atoms with Crippen LogP contribution >= 0.6 is 0 Å². The molecule has 0 amide bonds. The third-order valence-electron chi connectivity index (χ3n) is 1.69. The maximum atomic E-state index is 11.1. The molecule has 1 rings (SSSR count). The molecule has 0 aliphatic carbocycles. The molecule has 0 atom stereocenters. The third-order valence-corrected chi connectivity index (χ3v) is 1.69. The van der Waals surface area contributed by atoms with Gasteiger partial charge in [-0.3, -0.25) is 9.80 Å². The molecule has 0 saturated carbocycles. The Hall–Kier alpha value is -1.55. The Bertz CT molecular complexity index is 287. The van der Waals surface area contributed by atoms with Gasteiger partial charge in [0.05, 0.1) is 12.3 Å². The van der Waals surface area contributed by atoms with Crippen molar-refractivity contribution in [2.24, 2.45) is 5.84 Å². The van der Waals surface area contributed by atoms with Gasteiger partial charge in [-0.1, -0.05) is 18.2 Å². The highest BCUT2D eigenvalue weighted by Gasteiger charge is 2.07. The minimum Gasteiger partial charge on any atom is -0.465 e. The van der Waals surface area contributed by atoms with Gasteiger partial charge in [0.2, 0.25) is 0 Å². The van der Waals surface area contributed by atoms with Gasteiger partial charge in [0.15, 0.2) is 0 Å². The van der Waals surface area contributed by atoms with Crippen LogP contribution in [0.1, 0.15) is 6.92 Å². The number of benzene rings is 1. The van der Waals surface area contributed by atoms with E-state index in [2.05, 4.69) is 0 Å². The zero-order chi connectivity index (χ0) is 10.4. The highest BCUT2D eigenvalue weighted by molar-refractivity contribution is 5.75. The van der Waals surface area contributed by atoms with Crippen molar-refractivity contribution in [1.29, 1.82) is 0 Å². The number of para-hydroxylation sites is 1. The maximum absolute atomic E-state index is 11.1. The average molecular weight is 194 g/mol. The minimum atomic E-state index is -0.321. The second-order valence-corrected chi connectivity index (χ2v) is 2.77. The van der Waals surface area contributed by atoms with Crippen LogP contribution in [0.5, 0.6) is 0 Å². The van der Waals surface area contributed by atoms with Gasteiger partial charge in [0.1, 0.15) is 6.54 Å². The van der Waals surface area contributed by atoms with Gasteiger partial charge in [-0.2, -0.15) is 0 Å². The van der Waals surface area contributed by atoms with Gasteiger partial charge < -0.3 is 4.74 Å². The number of carbonyl (C=O) groups excluding carboxylic acids is 1. The molecule has 0 bridgehead atoms. The van der Waals surface area contributed by atoms with Crippen molar-refractivity contribution in [3.8, 4) is 0 Å². The van der Waals surface area contributed by atoms with Crippen LogP contribution in [0, 0.1) is 0 Å². The molecule has 2 N–H and O–H groups in total. The smallest absolute Gasteiger partial charge is 0.327 e. The Morgan fingerprint density at radius 1 is 1.43 bits per heavy atom. The first-order chi connectivity index (χ1) is 6.74. The molecule has 76 valence electrons. The van der Waals surface area contributed by atoms with Crippen molar-refractivity contribution in [2.75, 3.05) is 18.2 Å². The summed E-state index contributed by atoms with van der Waals surface area (Å²) >= 11 is 0. The zero-order valence-electron chi connectivity index (χ0n) is 8.14. The Balaban J connectivity index is 2.50. The molecule has 0 fully saturated rings. The Kier molecular flexibility index (Phi) is 3.94. The van der Waals surface area contributed by atoms with Crippen LogP contribution < -0.4 is 10.9 Å². The summed E-state index contributed by atoms with van der Waals surface area (Å²) in [5.41, 5.74) is 0.792. The lowest BCUT2D eigenvalue weighted by Crippen LogP contribution is -2.36. The monoisotopic (exact) mass is 194 g/mol. The van der Waals surface area contributed by atoms with Crippen molar-refractivity contribution in [2.45, 2.75) is 6.92 Å².